The summed E-state index contributed by atoms with van der Waals surface area (Å²) in [4.78, 5) is 28.8. The van der Waals surface area contributed by atoms with E-state index in [1.165, 1.54) is 33.1 Å². The smallest absolute Gasteiger partial charge is 0.414 e. The number of hydrogen-bond donors (Lipinski definition) is 3. The van der Waals surface area contributed by atoms with E-state index in [1.54, 1.807) is 32.3 Å². The Hall–Kier alpha value is -4.20. The highest BCUT2D eigenvalue weighted by atomic mass is 16.6. The maximum absolute atomic E-state index is 13.8. The highest BCUT2D eigenvalue weighted by molar-refractivity contribution is 6.15. The number of nitrogens with zero attached hydrogens (tertiary/aromatic N) is 2. The zero-order valence-electron chi connectivity index (χ0n) is 23.7. The highest BCUT2D eigenvalue weighted by Gasteiger charge is 2.31. The summed E-state index contributed by atoms with van der Waals surface area (Å²) in [5.74, 6) is -0.620. The molecule has 3 N–H and O–H groups in total. The quantitative estimate of drug-likeness (QED) is 0.178. The molecule has 0 unspecified atom stereocenters. The molecule has 0 fully saturated rings. The highest BCUT2D eigenvalue weighted by Crippen LogP contribution is 2.46. The van der Waals surface area contributed by atoms with Crippen LogP contribution in [0, 0.1) is 0 Å². The van der Waals surface area contributed by atoms with Crippen LogP contribution in [0.5, 0.6) is 17.2 Å². The van der Waals surface area contributed by atoms with Crippen LogP contribution in [0.4, 0.5) is 21.9 Å². The molecule has 0 aromatic heterocycles. The van der Waals surface area contributed by atoms with Crippen molar-refractivity contribution in [2.24, 2.45) is 0 Å². The summed E-state index contributed by atoms with van der Waals surface area (Å²) in [6, 6.07) is 7.47. The van der Waals surface area contributed by atoms with Crippen LogP contribution < -0.4 is 15.0 Å². The summed E-state index contributed by atoms with van der Waals surface area (Å²) in [7, 11) is 3.12. The number of rotatable bonds is 9. The van der Waals surface area contributed by atoms with Gasteiger partial charge in [-0.2, -0.15) is 0 Å². The number of ether oxygens (including phenoxy) is 1. The fraction of sp³-hybridized carbons (Fsp3) is 0.355. The van der Waals surface area contributed by atoms with E-state index in [0.29, 0.717) is 5.69 Å². The van der Waals surface area contributed by atoms with Crippen LogP contribution in [0.25, 0.3) is 0 Å². The van der Waals surface area contributed by atoms with Gasteiger partial charge in [0.05, 0.1) is 16.9 Å². The minimum Gasteiger partial charge on any atom is -0.508 e. The predicted octanol–water partition coefficient (Wildman–Crippen LogP) is 7.28. The van der Waals surface area contributed by atoms with Gasteiger partial charge in [-0.15, -0.1) is 0 Å². The van der Waals surface area contributed by atoms with Crippen molar-refractivity contribution in [1.29, 1.82) is 0 Å². The van der Waals surface area contributed by atoms with E-state index < -0.39 is 6.09 Å². The number of phenols is 2. The minimum absolute atomic E-state index is 0.151. The van der Waals surface area contributed by atoms with Crippen LogP contribution in [0.3, 0.4) is 0 Å². The Morgan fingerprint density at radius 2 is 1.64 bits per heavy atom. The molecule has 1 heterocycles. The van der Waals surface area contributed by atoms with Crippen molar-refractivity contribution in [2.45, 2.75) is 53.4 Å². The zero-order chi connectivity index (χ0) is 28.7. The van der Waals surface area contributed by atoms with E-state index in [9.17, 15) is 19.8 Å². The number of anilines is 3. The Morgan fingerprint density at radius 1 is 0.974 bits per heavy atom. The number of hydrogen-bond acceptors (Lipinski definition) is 6. The van der Waals surface area contributed by atoms with Gasteiger partial charge in [0.15, 0.2) is 5.75 Å². The van der Waals surface area contributed by atoms with Crippen molar-refractivity contribution in [3.05, 3.63) is 70.8 Å². The number of benzene rings is 2. The van der Waals surface area contributed by atoms with Crippen LogP contribution in [-0.4, -0.2) is 47.8 Å². The SMILES string of the molecule is CC(C)=CCC/C(C)=C/CC/C(C)=C/CN1C(=O)c2cccc(OC(=O)N(C)C)c2Nc2c(O)cc(O)cc21. The number of aromatic hydroxyl groups is 2. The van der Waals surface area contributed by atoms with Crippen LogP contribution in [0.1, 0.15) is 63.7 Å². The molecule has 0 bridgehead atoms. The molecule has 0 saturated heterocycles. The van der Waals surface area contributed by atoms with Crippen LogP contribution in [-0.2, 0) is 0 Å². The van der Waals surface area contributed by atoms with Gasteiger partial charge < -0.3 is 30.1 Å². The summed E-state index contributed by atoms with van der Waals surface area (Å²) >= 11 is 0. The fourth-order valence-electron chi connectivity index (χ4n) is 4.19. The molecular formula is C31H39N3O5. The maximum atomic E-state index is 13.8. The average molecular weight is 534 g/mol. The van der Waals surface area contributed by atoms with Gasteiger partial charge in [-0.25, -0.2) is 4.79 Å². The number of phenolic OH excluding ortho intramolecular Hbond substituents is 2. The Morgan fingerprint density at radius 3 is 2.31 bits per heavy atom. The molecule has 8 heteroatoms. The molecule has 1 aliphatic heterocycles. The molecule has 2 aromatic rings. The lowest BCUT2D eigenvalue weighted by atomic mass is 10.1. The number of carbonyl (C=O) groups excluding carboxylic acids is 2. The Kier molecular flexibility index (Phi) is 9.82. The van der Waals surface area contributed by atoms with Gasteiger partial charge in [-0.1, -0.05) is 41.0 Å². The van der Waals surface area contributed by atoms with Gasteiger partial charge in [0.2, 0.25) is 0 Å². The van der Waals surface area contributed by atoms with E-state index in [0.717, 1.165) is 31.3 Å². The van der Waals surface area contributed by atoms with Crippen molar-refractivity contribution in [2.75, 3.05) is 30.9 Å². The monoisotopic (exact) mass is 533 g/mol. The summed E-state index contributed by atoms with van der Waals surface area (Å²) < 4.78 is 5.49. The number of carbonyl (C=O) groups is 2. The molecule has 0 atom stereocenters. The fourth-order valence-corrected chi connectivity index (χ4v) is 4.19. The third-order valence-electron chi connectivity index (χ3n) is 6.43. The first-order valence-electron chi connectivity index (χ1n) is 13.1. The number of allylic oxidation sites excluding steroid dienone is 5. The molecule has 8 nitrogen and oxygen atoms in total. The Bertz CT molecular complexity index is 1320. The van der Waals surface area contributed by atoms with Gasteiger partial charge in [0.1, 0.15) is 17.2 Å². The van der Waals surface area contributed by atoms with Crippen LogP contribution >= 0.6 is 0 Å². The van der Waals surface area contributed by atoms with E-state index >= 15 is 0 Å². The second-order valence-corrected chi connectivity index (χ2v) is 10.3. The molecular weight excluding hydrogens is 494 g/mol. The normalized spacial score (nSPS) is 13.2. The van der Waals surface area contributed by atoms with Crippen molar-refractivity contribution in [1.82, 2.24) is 4.90 Å². The van der Waals surface area contributed by atoms with Crippen molar-refractivity contribution < 1.29 is 24.5 Å². The second kappa shape index (κ2) is 13.0. The first kappa shape index (κ1) is 29.4. The largest absolute Gasteiger partial charge is 0.508 e. The van der Waals surface area contributed by atoms with Crippen molar-refractivity contribution >= 4 is 29.1 Å². The number of para-hydroxylation sites is 1. The van der Waals surface area contributed by atoms with E-state index in [2.05, 4.69) is 38.2 Å². The summed E-state index contributed by atoms with van der Waals surface area (Å²) in [6.07, 6.45) is 9.72. The molecule has 208 valence electrons. The minimum atomic E-state index is -0.603. The van der Waals surface area contributed by atoms with E-state index in [-0.39, 0.29) is 46.6 Å². The lowest BCUT2D eigenvalue weighted by Gasteiger charge is -2.22. The summed E-state index contributed by atoms with van der Waals surface area (Å²) in [5.41, 5.74) is 4.89. The summed E-state index contributed by atoms with van der Waals surface area (Å²) in [5, 5.41) is 24.0. The molecule has 3 rings (SSSR count). The molecule has 2 amide bonds. The maximum Gasteiger partial charge on any atom is 0.414 e. The van der Waals surface area contributed by atoms with Gasteiger partial charge in [-0.3, -0.25) is 4.79 Å². The molecule has 39 heavy (non-hydrogen) atoms. The lowest BCUT2D eigenvalue weighted by Crippen LogP contribution is -2.30. The second-order valence-electron chi connectivity index (χ2n) is 10.3. The summed E-state index contributed by atoms with van der Waals surface area (Å²) in [6.45, 7) is 8.62. The van der Waals surface area contributed by atoms with E-state index in [4.69, 9.17) is 4.74 Å². The lowest BCUT2D eigenvalue weighted by molar-refractivity contribution is 0.0990. The molecule has 0 saturated carbocycles. The van der Waals surface area contributed by atoms with Crippen LogP contribution in [0.2, 0.25) is 0 Å². The van der Waals surface area contributed by atoms with Gasteiger partial charge in [0, 0.05) is 32.8 Å². The zero-order valence-corrected chi connectivity index (χ0v) is 23.7. The Balaban J connectivity index is 1.87. The van der Waals surface area contributed by atoms with Crippen molar-refractivity contribution in [3.63, 3.8) is 0 Å². The number of amides is 2. The first-order chi connectivity index (χ1) is 18.5. The molecule has 2 aromatic carbocycles. The van der Waals surface area contributed by atoms with Gasteiger partial charge in [-0.05, 0) is 65.5 Å². The molecule has 1 aliphatic rings. The standard InChI is InChI=1S/C31H39N3O5/c1-20(2)10-7-11-21(3)12-8-13-22(4)16-17-34-25-18-23(35)19-26(36)29(25)32-28-24(30(34)37)14-9-15-27(28)39-31(38)33(5)6/h9-10,12,14-16,18-19,32,35-36H,7-8,11,13,17H2,1-6H3/b21-12+,22-16+. The molecule has 0 radical (unpaired) electrons. The first-order valence-corrected chi connectivity index (χ1v) is 13.1. The average Bonchev–Trinajstić information content (AvgIpc) is 2.97. The predicted molar refractivity (Wildman–Crippen MR) is 156 cm³/mol. The van der Waals surface area contributed by atoms with Gasteiger partial charge >= 0.3 is 6.09 Å². The Labute approximate surface area is 230 Å². The van der Waals surface area contributed by atoms with Crippen molar-refractivity contribution in [3.8, 4) is 17.2 Å². The van der Waals surface area contributed by atoms with E-state index in [1.807, 2.05) is 13.0 Å². The topological polar surface area (TPSA) is 102 Å². The third kappa shape index (κ3) is 7.66. The number of nitrogens with one attached hydrogen (secondary N) is 1. The van der Waals surface area contributed by atoms with Crippen LogP contribution in [0.15, 0.2) is 65.3 Å². The molecule has 0 aliphatic carbocycles. The third-order valence-corrected chi connectivity index (χ3v) is 6.43. The molecule has 0 spiro atoms. The number of fused-ring (bicyclic) bond motifs is 2. The van der Waals surface area contributed by atoms with Gasteiger partial charge in [0.25, 0.3) is 5.91 Å².